The van der Waals surface area contributed by atoms with Gasteiger partial charge < -0.3 is 10.1 Å². The van der Waals surface area contributed by atoms with Gasteiger partial charge in [0.05, 0.1) is 24.3 Å². The van der Waals surface area contributed by atoms with E-state index in [2.05, 4.69) is 30.7 Å². The Labute approximate surface area is 72.8 Å². The Balaban J connectivity index is 3.00. The van der Waals surface area contributed by atoms with Crippen LogP contribution in [0.1, 0.15) is 38.6 Å². The zero-order valence-corrected chi connectivity index (χ0v) is 7.89. The van der Waals surface area contributed by atoms with Crippen molar-refractivity contribution < 1.29 is 5.11 Å². The van der Waals surface area contributed by atoms with Gasteiger partial charge in [0, 0.05) is 5.41 Å². The summed E-state index contributed by atoms with van der Waals surface area (Å²) >= 11 is 0. The first-order valence-corrected chi connectivity index (χ1v) is 4.25. The van der Waals surface area contributed by atoms with E-state index < -0.39 is 0 Å². The Morgan fingerprint density at radius 1 is 1.58 bits per heavy atom. The number of aliphatic hydroxyl groups excluding tert-OH is 1. The molecule has 1 heterocycles. The van der Waals surface area contributed by atoms with Gasteiger partial charge in [-0.1, -0.05) is 20.8 Å². The molecule has 1 rings (SSSR count). The number of aliphatic hydroxyl groups is 1. The maximum Gasteiger partial charge on any atom is 0.0926 e. The Morgan fingerprint density at radius 3 is 2.75 bits per heavy atom. The Kier molecular flexibility index (Phi) is 2.52. The molecular formula is C9H16N2O. The van der Waals surface area contributed by atoms with Crippen molar-refractivity contribution in [2.75, 3.05) is 0 Å². The minimum absolute atomic E-state index is 0.0404. The fraction of sp³-hybridized carbons (Fsp3) is 0.667. The summed E-state index contributed by atoms with van der Waals surface area (Å²) in [6.07, 6.45) is 2.66. The van der Waals surface area contributed by atoms with Crippen molar-refractivity contribution >= 4 is 0 Å². The number of rotatable bonds is 3. The molecule has 2 N–H and O–H groups in total. The molecule has 0 fully saturated rings. The second-order valence-electron chi connectivity index (χ2n) is 3.63. The zero-order valence-electron chi connectivity index (χ0n) is 7.89. The molecule has 12 heavy (non-hydrogen) atoms. The second kappa shape index (κ2) is 3.27. The van der Waals surface area contributed by atoms with Crippen LogP contribution in [0.5, 0.6) is 0 Å². The molecule has 3 heteroatoms. The fourth-order valence-electron chi connectivity index (χ4n) is 1.19. The van der Waals surface area contributed by atoms with E-state index in [0.717, 1.165) is 17.8 Å². The monoisotopic (exact) mass is 168 g/mol. The van der Waals surface area contributed by atoms with Gasteiger partial charge in [-0.15, -0.1) is 0 Å². The quantitative estimate of drug-likeness (QED) is 0.720. The van der Waals surface area contributed by atoms with Crippen molar-refractivity contribution in [2.45, 2.75) is 39.2 Å². The molecule has 0 unspecified atom stereocenters. The molecule has 3 nitrogen and oxygen atoms in total. The van der Waals surface area contributed by atoms with Crippen LogP contribution in [0.4, 0.5) is 0 Å². The normalized spacial score (nSPS) is 12.0. The highest BCUT2D eigenvalue weighted by Gasteiger charge is 2.23. The summed E-state index contributed by atoms with van der Waals surface area (Å²) < 4.78 is 0. The minimum Gasteiger partial charge on any atom is -0.390 e. The summed E-state index contributed by atoms with van der Waals surface area (Å²) in [5.74, 6) is 0. The van der Waals surface area contributed by atoms with Gasteiger partial charge in [-0.3, -0.25) is 0 Å². The molecule has 68 valence electrons. The molecule has 0 amide bonds. The molecule has 1 aromatic heterocycles. The van der Waals surface area contributed by atoms with Crippen molar-refractivity contribution in [3.63, 3.8) is 0 Å². The van der Waals surface area contributed by atoms with E-state index in [1.54, 1.807) is 6.33 Å². The van der Waals surface area contributed by atoms with Crippen molar-refractivity contribution in [3.05, 3.63) is 17.7 Å². The Bertz CT molecular complexity index is 253. The summed E-state index contributed by atoms with van der Waals surface area (Å²) in [5, 5.41) is 8.99. The smallest absolute Gasteiger partial charge is 0.0926 e. The van der Waals surface area contributed by atoms with Crippen molar-refractivity contribution in [1.29, 1.82) is 0 Å². The highest BCUT2D eigenvalue weighted by molar-refractivity contribution is 5.19. The summed E-state index contributed by atoms with van der Waals surface area (Å²) in [7, 11) is 0. The van der Waals surface area contributed by atoms with Crippen LogP contribution in [-0.2, 0) is 12.0 Å². The summed E-state index contributed by atoms with van der Waals surface area (Å²) in [5.41, 5.74) is 1.87. The number of H-pyrrole nitrogens is 1. The molecule has 0 aliphatic carbocycles. The number of hydrogen-bond acceptors (Lipinski definition) is 2. The molecule has 0 bridgehead atoms. The maximum atomic E-state index is 8.99. The molecule has 0 radical (unpaired) electrons. The first-order valence-electron chi connectivity index (χ1n) is 4.25. The Hall–Kier alpha value is -0.830. The van der Waals surface area contributed by atoms with Gasteiger partial charge in [0.15, 0.2) is 0 Å². The number of aromatic nitrogens is 2. The average molecular weight is 168 g/mol. The molecule has 0 saturated carbocycles. The van der Waals surface area contributed by atoms with Crippen molar-refractivity contribution in [1.82, 2.24) is 9.97 Å². The van der Waals surface area contributed by atoms with Gasteiger partial charge in [-0.25, -0.2) is 4.98 Å². The van der Waals surface area contributed by atoms with Gasteiger partial charge >= 0.3 is 0 Å². The van der Waals surface area contributed by atoms with E-state index in [1.807, 2.05) is 0 Å². The third-order valence-electron chi connectivity index (χ3n) is 2.40. The van der Waals surface area contributed by atoms with E-state index in [0.29, 0.717) is 0 Å². The van der Waals surface area contributed by atoms with E-state index in [1.165, 1.54) is 0 Å². The topological polar surface area (TPSA) is 48.9 Å². The minimum atomic E-state index is 0.0404. The van der Waals surface area contributed by atoms with E-state index >= 15 is 0 Å². The second-order valence-corrected chi connectivity index (χ2v) is 3.63. The SMILES string of the molecule is CCC(C)(C)c1nc[nH]c1CO. The van der Waals surface area contributed by atoms with Crippen LogP contribution < -0.4 is 0 Å². The molecule has 0 aliphatic heterocycles. The predicted molar refractivity (Wildman–Crippen MR) is 47.8 cm³/mol. The molecule has 0 atom stereocenters. The largest absolute Gasteiger partial charge is 0.390 e. The molecule has 0 spiro atoms. The van der Waals surface area contributed by atoms with Gasteiger partial charge in [-0.05, 0) is 6.42 Å². The van der Waals surface area contributed by atoms with Crippen LogP contribution in [-0.4, -0.2) is 15.1 Å². The number of nitrogens with one attached hydrogen (secondary N) is 1. The predicted octanol–water partition coefficient (Wildman–Crippen LogP) is 1.59. The van der Waals surface area contributed by atoms with Gasteiger partial charge in [0.1, 0.15) is 0 Å². The average Bonchev–Trinajstić information content (AvgIpc) is 2.52. The lowest BCUT2D eigenvalue weighted by Crippen LogP contribution is -2.18. The fourth-order valence-corrected chi connectivity index (χ4v) is 1.19. The highest BCUT2D eigenvalue weighted by atomic mass is 16.3. The number of hydrogen-bond donors (Lipinski definition) is 2. The molecule has 0 aliphatic rings. The van der Waals surface area contributed by atoms with E-state index in [9.17, 15) is 0 Å². The first-order chi connectivity index (χ1) is 5.61. The van der Waals surface area contributed by atoms with Crippen LogP contribution in [0.25, 0.3) is 0 Å². The third-order valence-corrected chi connectivity index (χ3v) is 2.40. The first kappa shape index (κ1) is 9.26. The number of aromatic amines is 1. The van der Waals surface area contributed by atoms with Crippen molar-refractivity contribution in [3.8, 4) is 0 Å². The molecular weight excluding hydrogens is 152 g/mol. The van der Waals surface area contributed by atoms with Crippen LogP contribution in [0.2, 0.25) is 0 Å². The Morgan fingerprint density at radius 2 is 2.25 bits per heavy atom. The van der Waals surface area contributed by atoms with Crippen LogP contribution in [0, 0.1) is 0 Å². The molecule has 0 saturated heterocycles. The molecule has 1 aromatic rings. The van der Waals surface area contributed by atoms with Crippen LogP contribution in [0.3, 0.4) is 0 Å². The van der Waals surface area contributed by atoms with E-state index in [4.69, 9.17) is 5.11 Å². The maximum absolute atomic E-state index is 8.99. The van der Waals surface area contributed by atoms with Gasteiger partial charge in [0.2, 0.25) is 0 Å². The number of nitrogens with zero attached hydrogens (tertiary/aromatic N) is 1. The summed E-state index contributed by atoms with van der Waals surface area (Å²) in [6, 6.07) is 0. The molecule has 0 aromatic carbocycles. The van der Waals surface area contributed by atoms with Crippen LogP contribution in [0.15, 0.2) is 6.33 Å². The van der Waals surface area contributed by atoms with Crippen molar-refractivity contribution in [2.24, 2.45) is 0 Å². The van der Waals surface area contributed by atoms with Crippen LogP contribution >= 0.6 is 0 Å². The van der Waals surface area contributed by atoms with E-state index in [-0.39, 0.29) is 12.0 Å². The number of imidazole rings is 1. The lowest BCUT2D eigenvalue weighted by atomic mass is 9.85. The lowest BCUT2D eigenvalue weighted by Gasteiger charge is -2.21. The third kappa shape index (κ3) is 1.50. The summed E-state index contributed by atoms with van der Waals surface area (Å²) in [4.78, 5) is 7.15. The van der Waals surface area contributed by atoms with Gasteiger partial charge in [-0.2, -0.15) is 0 Å². The lowest BCUT2D eigenvalue weighted by molar-refractivity contribution is 0.273. The van der Waals surface area contributed by atoms with Gasteiger partial charge in [0.25, 0.3) is 0 Å². The zero-order chi connectivity index (χ0) is 9.19. The standard InChI is InChI=1S/C9H16N2O/c1-4-9(2,3)8-7(5-12)10-6-11-8/h6,12H,4-5H2,1-3H3,(H,10,11). The highest BCUT2D eigenvalue weighted by Crippen LogP contribution is 2.26. The summed E-state index contributed by atoms with van der Waals surface area (Å²) in [6.45, 7) is 6.42.